The van der Waals surface area contributed by atoms with E-state index in [4.69, 9.17) is 23.2 Å². The molecule has 1 amide bonds. The van der Waals surface area contributed by atoms with E-state index in [-0.39, 0.29) is 5.91 Å². The van der Waals surface area contributed by atoms with Crippen molar-refractivity contribution in [2.75, 3.05) is 5.75 Å². The SMILES string of the molecule is O=C(CSc1c[nH]c2cccc(Br)c12)NCc1ccc(Cl)c(Cl)c1. The summed E-state index contributed by atoms with van der Waals surface area (Å²) in [7, 11) is 0. The number of aromatic amines is 1. The quantitative estimate of drug-likeness (QED) is 0.500. The van der Waals surface area contributed by atoms with Gasteiger partial charge >= 0.3 is 0 Å². The number of thioether (sulfide) groups is 1. The second-order valence-electron chi connectivity index (χ2n) is 5.13. The third-order valence-corrected chi connectivity index (χ3v) is 5.89. The molecule has 0 radical (unpaired) electrons. The summed E-state index contributed by atoms with van der Waals surface area (Å²) in [5.74, 6) is 0.308. The molecule has 0 bridgehead atoms. The van der Waals surface area contributed by atoms with E-state index in [0.29, 0.717) is 22.3 Å². The van der Waals surface area contributed by atoms with E-state index in [2.05, 4.69) is 26.2 Å². The van der Waals surface area contributed by atoms with Gasteiger partial charge in [-0.05, 0) is 29.8 Å². The van der Waals surface area contributed by atoms with Gasteiger partial charge in [0.15, 0.2) is 0 Å². The summed E-state index contributed by atoms with van der Waals surface area (Å²) in [6.07, 6.45) is 1.92. The van der Waals surface area contributed by atoms with Crippen molar-refractivity contribution in [2.45, 2.75) is 11.4 Å². The summed E-state index contributed by atoms with van der Waals surface area (Å²) >= 11 is 16.9. The third-order valence-electron chi connectivity index (χ3n) is 3.45. The minimum atomic E-state index is -0.0347. The molecule has 1 heterocycles. The number of H-pyrrole nitrogens is 1. The van der Waals surface area contributed by atoms with Crippen LogP contribution in [0.15, 0.2) is 52.0 Å². The lowest BCUT2D eigenvalue weighted by molar-refractivity contribution is -0.118. The van der Waals surface area contributed by atoms with Crippen LogP contribution in [0.3, 0.4) is 0 Å². The number of hydrogen-bond donors (Lipinski definition) is 2. The molecular formula is C17H13BrCl2N2OS. The monoisotopic (exact) mass is 442 g/mol. The van der Waals surface area contributed by atoms with E-state index in [0.717, 1.165) is 25.8 Å². The predicted molar refractivity (Wildman–Crippen MR) is 105 cm³/mol. The topological polar surface area (TPSA) is 44.9 Å². The van der Waals surface area contributed by atoms with Crippen LogP contribution in [0.4, 0.5) is 0 Å². The zero-order valence-electron chi connectivity index (χ0n) is 12.4. The molecule has 1 aromatic heterocycles. The highest BCUT2D eigenvalue weighted by molar-refractivity contribution is 9.10. The summed E-state index contributed by atoms with van der Waals surface area (Å²) in [6.45, 7) is 0.424. The van der Waals surface area contributed by atoms with Crippen LogP contribution >= 0.6 is 50.9 Å². The second kappa shape index (κ2) is 7.83. The van der Waals surface area contributed by atoms with Crippen molar-refractivity contribution in [3.63, 3.8) is 0 Å². The first-order chi connectivity index (χ1) is 11.5. The summed E-state index contributed by atoms with van der Waals surface area (Å²) < 4.78 is 1.01. The molecule has 3 nitrogen and oxygen atoms in total. The summed E-state index contributed by atoms with van der Waals surface area (Å²) in [6, 6.07) is 11.3. The molecule has 2 N–H and O–H groups in total. The maximum atomic E-state index is 12.1. The predicted octanol–water partition coefficient (Wildman–Crippen LogP) is 5.65. The highest BCUT2D eigenvalue weighted by Gasteiger charge is 2.10. The fraction of sp³-hybridized carbons (Fsp3) is 0.118. The maximum absolute atomic E-state index is 12.1. The van der Waals surface area contributed by atoms with Gasteiger partial charge in [-0.1, -0.05) is 51.3 Å². The molecule has 0 unspecified atom stereocenters. The van der Waals surface area contributed by atoms with Crippen LogP contribution in [-0.4, -0.2) is 16.6 Å². The Morgan fingerprint density at radius 1 is 1.21 bits per heavy atom. The minimum Gasteiger partial charge on any atom is -0.360 e. The van der Waals surface area contributed by atoms with Crippen LogP contribution in [0.1, 0.15) is 5.56 Å². The molecule has 24 heavy (non-hydrogen) atoms. The van der Waals surface area contributed by atoms with Crippen LogP contribution < -0.4 is 5.32 Å². The second-order valence-corrected chi connectivity index (χ2v) is 7.82. The molecule has 2 aromatic carbocycles. The zero-order valence-corrected chi connectivity index (χ0v) is 16.3. The molecular weight excluding hydrogens is 431 g/mol. The van der Waals surface area contributed by atoms with Gasteiger partial charge in [0.25, 0.3) is 0 Å². The number of carbonyl (C=O) groups excluding carboxylic acids is 1. The number of nitrogens with one attached hydrogen (secondary N) is 2. The molecule has 3 aromatic rings. The average Bonchev–Trinajstić information content (AvgIpc) is 2.98. The van der Waals surface area contributed by atoms with Gasteiger partial charge in [-0.25, -0.2) is 0 Å². The summed E-state index contributed by atoms with van der Waals surface area (Å²) in [5, 5.41) is 4.98. The molecule has 0 atom stereocenters. The molecule has 0 aliphatic rings. The minimum absolute atomic E-state index is 0.0347. The lowest BCUT2D eigenvalue weighted by atomic mass is 10.2. The van der Waals surface area contributed by atoms with Gasteiger partial charge in [0.1, 0.15) is 0 Å². The van der Waals surface area contributed by atoms with Crippen molar-refractivity contribution in [3.05, 3.63) is 62.7 Å². The van der Waals surface area contributed by atoms with Crippen molar-refractivity contribution in [3.8, 4) is 0 Å². The average molecular weight is 444 g/mol. The van der Waals surface area contributed by atoms with E-state index >= 15 is 0 Å². The van der Waals surface area contributed by atoms with E-state index < -0.39 is 0 Å². The summed E-state index contributed by atoms with van der Waals surface area (Å²) in [4.78, 5) is 16.3. The molecule has 0 spiro atoms. The van der Waals surface area contributed by atoms with Crippen molar-refractivity contribution >= 4 is 67.7 Å². The van der Waals surface area contributed by atoms with Crippen LogP contribution in [-0.2, 0) is 11.3 Å². The Kier molecular flexibility index (Phi) is 5.76. The normalized spacial score (nSPS) is 11.0. The highest BCUT2D eigenvalue weighted by atomic mass is 79.9. The van der Waals surface area contributed by atoms with Gasteiger partial charge in [0.2, 0.25) is 5.91 Å². The fourth-order valence-electron chi connectivity index (χ4n) is 2.27. The fourth-order valence-corrected chi connectivity index (χ4v) is 4.20. The Morgan fingerprint density at radius 3 is 2.83 bits per heavy atom. The highest BCUT2D eigenvalue weighted by Crippen LogP contribution is 2.33. The molecule has 0 saturated carbocycles. The van der Waals surface area contributed by atoms with E-state index in [9.17, 15) is 4.79 Å². The Bertz CT molecular complexity index is 897. The summed E-state index contributed by atoms with van der Waals surface area (Å²) in [5.41, 5.74) is 1.96. The van der Waals surface area contributed by atoms with E-state index in [1.165, 1.54) is 11.8 Å². The first kappa shape index (κ1) is 17.7. The Hall–Kier alpha value is -1.14. The molecule has 0 aliphatic carbocycles. The van der Waals surface area contributed by atoms with Crippen molar-refractivity contribution < 1.29 is 4.79 Å². The molecule has 7 heteroatoms. The Labute approximate surface area is 162 Å². The van der Waals surface area contributed by atoms with Crippen molar-refractivity contribution in [1.29, 1.82) is 0 Å². The zero-order chi connectivity index (χ0) is 17.1. The van der Waals surface area contributed by atoms with Crippen molar-refractivity contribution in [1.82, 2.24) is 10.3 Å². The smallest absolute Gasteiger partial charge is 0.230 e. The van der Waals surface area contributed by atoms with Gasteiger partial charge < -0.3 is 10.3 Å². The number of carbonyl (C=O) groups is 1. The lowest BCUT2D eigenvalue weighted by Gasteiger charge is -2.06. The van der Waals surface area contributed by atoms with Gasteiger partial charge in [0.05, 0.1) is 15.8 Å². The van der Waals surface area contributed by atoms with Gasteiger partial charge in [-0.2, -0.15) is 0 Å². The number of fused-ring (bicyclic) bond motifs is 1. The van der Waals surface area contributed by atoms with Gasteiger partial charge in [0, 0.05) is 33.0 Å². The van der Waals surface area contributed by atoms with Crippen LogP contribution in [0.2, 0.25) is 10.0 Å². The van der Waals surface area contributed by atoms with Crippen molar-refractivity contribution in [2.24, 2.45) is 0 Å². The Morgan fingerprint density at radius 2 is 2.04 bits per heavy atom. The molecule has 0 saturated heterocycles. The number of benzene rings is 2. The number of halogens is 3. The number of hydrogen-bond acceptors (Lipinski definition) is 2. The van der Waals surface area contributed by atoms with Gasteiger partial charge in [-0.3, -0.25) is 4.79 Å². The molecule has 3 rings (SSSR count). The maximum Gasteiger partial charge on any atom is 0.230 e. The van der Waals surface area contributed by atoms with Gasteiger partial charge in [-0.15, -0.1) is 11.8 Å². The number of amides is 1. The third kappa shape index (κ3) is 4.09. The molecule has 0 fully saturated rings. The van der Waals surface area contributed by atoms with Crippen LogP contribution in [0.5, 0.6) is 0 Å². The van der Waals surface area contributed by atoms with E-state index in [1.807, 2.05) is 30.5 Å². The van der Waals surface area contributed by atoms with E-state index in [1.54, 1.807) is 12.1 Å². The number of aromatic nitrogens is 1. The standard InChI is InChI=1S/C17H13BrCl2N2OS/c18-11-2-1-3-14-17(11)15(8-21-14)24-9-16(23)22-7-10-4-5-12(19)13(20)6-10/h1-6,8,21H,7,9H2,(H,22,23). The first-order valence-electron chi connectivity index (χ1n) is 7.13. The largest absolute Gasteiger partial charge is 0.360 e. The van der Waals surface area contributed by atoms with Crippen LogP contribution in [0, 0.1) is 0 Å². The lowest BCUT2D eigenvalue weighted by Crippen LogP contribution is -2.24. The number of rotatable bonds is 5. The molecule has 0 aliphatic heterocycles. The first-order valence-corrected chi connectivity index (χ1v) is 9.67. The Balaban J connectivity index is 1.58. The molecule has 124 valence electrons. The van der Waals surface area contributed by atoms with Crippen LogP contribution in [0.25, 0.3) is 10.9 Å².